The molecule has 20 heavy (non-hydrogen) atoms. The highest BCUT2D eigenvalue weighted by Gasteiger charge is 2.23. The molecule has 4 heteroatoms. The molecule has 1 aliphatic rings. The molecule has 1 fully saturated rings. The number of nitrogens with zero attached hydrogens (tertiary/aromatic N) is 1. The summed E-state index contributed by atoms with van der Waals surface area (Å²) in [5, 5.41) is 3.01. The van der Waals surface area contributed by atoms with Gasteiger partial charge in [-0.05, 0) is 48.9 Å². The number of carbonyl (C=O) groups excluding carboxylic acids is 1. The zero-order valence-corrected chi connectivity index (χ0v) is 14.0. The summed E-state index contributed by atoms with van der Waals surface area (Å²) < 4.78 is 1.03. The second-order valence-electron chi connectivity index (χ2n) is 6.15. The van der Waals surface area contributed by atoms with E-state index < -0.39 is 0 Å². The molecular weight excluding hydrogens is 316 g/mol. The number of carbonyl (C=O) groups is 1. The van der Waals surface area contributed by atoms with Crippen molar-refractivity contribution in [3.05, 3.63) is 28.2 Å². The average Bonchev–Trinajstić information content (AvgIpc) is 2.31. The Morgan fingerprint density at radius 1 is 1.35 bits per heavy atom. The van der Waals surface area contributed by atoms with Gasteiger partial charge >= 0.3 is 0 Å². The van der Waals surface area contributed by atoms with E-state index in [1.165, 1.54) is 6.42 Å². The Morgan fingerprint density at radius 2 is 2.00 bits per heavy atom. The second kappa shape index (κ2) is 6.72. The van der Waals surface area contributed by atoms with E-state index in [1.807, 2.05) is 25.1 Å². The lowest BCUT2D eigenvalue weighted by atomic mass is 9.92. The molecule has 1 aromatic carbocycles. The maximum atomic E-state index is 12.2. The maximum absolute atomic E-state index is 12.2. The third kappa shape index (κ3) is 4.32. The van der Waals surface area contributed by atoms with Crippen molar-refractivity contribution in [2.24, 2.45) is 11.8 Å². The van der Waals surface area contributed by atoms with Crippen molar-refractivity contribution in [2.75, 3.05) is 25.0 Å². The molecule has 0 saturated carbocycles. The van der Waals surface area contributed by atoms with E-state index in [-0.39, 0.29) is 5.91 Å². The van der Waals surface area contributed by atoms with Gasteiger partial charge in [0.2, 0.25) is 5.91 Å². The number of amides is 1. The monoisotopic (exact) mass is 338 g/mol. The predicted octanol–water partition coefficient (Wildman–Crippen LogP) is 3.67. The lowest BCUT2D eigenvalue weighted by molar-refractivity contribution is -0.117. The van der Waals surface area contributed by atoms with Crippen molar-refractivity contribution in [3.8, 4) is 0 Å². The molecule has 1 amide bonds. The Labute approximate surface area is 129 Å². The van der Waals surface area contributed by atoms with E-state index in [9.17, 15) is 4.79 Å². The Bertz CT molecular complexity index is 479. The Morgan fingerprint density at radius 3 is 2.60 bits per heavy atom. The smallest absolute Gasteiger partial charge is 0.238 e. The van der Waals surface area contributed by atoms with Crippen LogP contribution in [-0.4, -0.2) is 30.4 Å². The summed E-state index contributed by atoms with van der Waals surface area (Å²) in [5.74, 6) is 1.44. The molecule has 1 aliphatic heterocycles. The fraction of sp³-hybridized carbons (Fsp3) is 0.562. The van der Waals surface area contributed by atoms with Gasteiger partial charge in [-0.15, -0.1) is 0 Å². The van der Waals surface area contributed by atoms with Gasteiger partial charge in [-0.1, -0.05) is 29.8 Å². The van der Waals surface area contributed by atoms with Gasteiger partial charge in [0.15, 0.2) is 0 Å². The molecule has 110 valence electrons. The fourth-order valence-electron chi connectivity index (χ4n) is 3.08. The van der Waals surface area contributed by atoms with Crippen molar-refractivity contribution in [1.29, 1.82) is 0 Å². The molecule has 0 bridgehead atoms. The summed E-state index contributed by atoms with van der Waals surface area (Å²) in [7, 11) is 0. The first kappa shape index (κ1) is 15.5. The van der Waals surface area contributed by atoms with E-state index >= 15 is 0 Å². The zero-order valence-electron chi connectivity index (χ0n) is 12.4. The van der Waals surface area contributed by atoms with E-state index in [0.29, 0.717) is 18.4 Å². The Kier molecular flexibility index (Phi) is 5.22. The molecule has 1 N–H and O–H groups in total. The lowest BCUT2D eigenvalue weighted by Gasteiger charge is -2.34. The molecule has 1 saturated heterocycles. The van der Waals surface area contributed by atoms with Crippen LogP contribution in [0, 0.1) is 18.8 Å². The summed E-state index contributed by atoms with van der Waals surface area (Å²) >= 11 is 3.43. The number of aryl methyl sites for hydroxylation is 1. The molecule has 1 heterocycles. The molecule has 2 unspecified atom stereocenters. The maximum Gasteiger partial charge on any atom is 0.238 e. The summed E-state index contributed by atoms with van der Waals surface area (Å²) in [5.41, 5.74) is 1.98. The summed E-state index contributed by atoms with van der Waals surface area (Å²) in [4.78, 5) is 14.4. The zero-order chi connectivity index (χ0) is 14.7. The first-order valence-corrected chi connectivity index (χ1v) is 8.01. The first-order valence-electron chi connectivity index (χ1n) is 7.22. The molecule has 0 radical (unpaired) electrons. The highest BCUT2D eigenvalue weighted by atomic mass is 79.9. The van der Waals surface area contributed by atoms with Crippen LogP contribution in [0.2, 0.25) is 0 Å². The van der Waals surface area contributed by atoms with Crippen LogP contribution < -0.4 is 5.32 Å². The van der Waals surface area contributed by atoms with E-state index in [1.54, 1.807) is 0 Å². The standard InChI is InChI=1S/C16H23BrN2O/c1-11-6-12(2)9-19(8-11)10-16(20)18-15-5-4-14(17)7-13(15)3/h4-5,7,11-12H,6,8-10H2,1-3H3,(H,18,20). The number of halogens is 1. The number of piperidine rings is 1. The minimum Gasteiger partial charge on any atom is -0.325 e. The molecule has 2 rings (SSSR count). The largest absolute Gasteiger partial charge is 0.325 e. The number of anilines is 1. The van der Waals surface area contributed by atoms with Gasteiger partial charge in [0.25, 0.3) is 0 Å². The molecule has 2 atom stereocenters. The van der Waals surface area contributed by atoms with Crippen LogP contribution >= 0.6 is 15.9 Å². The van der Waals surface area contributed by atoms with Gasteiger partial charge in [-0.2, -0.15) is 0 Å². The van der Waals surface area contributed by atoms with Crippen molar-refractivity contribution in [2.45, 2.75) is 27.2 Å². The summed E-state index contributed by atoms with van der Waals surface area (Å²) in [6.45, 7) is 9.07. The highest BCUT2D eigenvalue weighted by molar-refractivity contribution is 9.10. The van der Waals surface area contributed by atoms with Crippen LogP contribution in [0.5, 0.6) is 0 Å². The fourth-order valence-corrected chi connectivity index (χ4v) is 3.56. The van der Waals surface area contributed by atoms with Gasteiger partial charge in [-0.3, -0.25) is 9.69 Å². The SMILES string of the molecule is Cc1cc(Br)ccc1NC(=O)CN1CC(C)CC(C)C1. The molecule has 1 aromatic rings. The minimum absolute atomic E-state index is 0.0803. The first-order chi connectivity index (χ1) is 9.44. The number of likely N-dealkylation sites (tertiary alicyclic amines) is 1. The van der Waals surface area contributed by atoms with Crippen LogP contribution in [-0.2, 0) is 4.79 Å². The average molecular weight is 339 g/mol. The summed E-state index contributed by atoms with van der Waals surface area (Å²) in [6, 6.07) is 5.91. The van der Waals surface area contributed by atoms with E-state index in [4.69, 9.17) is 0 Å². The van der Waals surface area contributed by atoms with Crippen molar-refractivity contribution in [3.63, 3.8) is 0 Å². The van der Waals surface area contributed by atoms with Crippen molar-refractivity contribution < 1.29 is 4.79 Å². The van der Waals surface area contributed by atoms with Gasteiger partial charge < -0.3 is 5.32 Å². The van der Waals surface area contributed by atoms with Crippen LogP contribution in [0.25, 0.3) is 0 Å². The molecule has 3 nitrogen and oxygen atoms in total. The Hall–Kier alpha value is -0.870. The third-order valence-electron chi connectivity index (χ3n) is 3.77. The highest BCUT2D eigenvalue weighted by Crippen LogP contribution is 2.22. The number of benzene rings is 1. The molecule has 0 spiro atoms. The molecule has 0 aliphatic carbocycles. The van der Waals surface area contributed by atoms with Crippen molar-refractivity contribution >= 4 is 27.5 Å². The number of hydrogen-bond acceptors (Lipinski definition) is 2. The van der Waals surface area contributed by atoms with Crippen LogP contribution in [0.1, 0.15) is 25.8 Å². The Balaban J connectivity index is 1.92. The number of rotatable bonds is 3. The minimum atomic E-state index is 0.0803. The van der Waals surface area contributed by atoms with Gasteiger partial charge in [0, 0.05) is 23.2 Å². The van der Waals surface area contributed by atoms with Gasteiger partial charge in [0.1, 0.15) is 0 Å². The van der Waals surface area contributed by atoms with Gasteiger partial charge in [0.05, 0.1) is 6.54 Å². The van der Waals surface area contributed by atoms with Crippen molar-refractivity contribution in [1.82, 2.24) is 4.90 Å². The number of nitrogens with one attached hydrogen (secondary N) is 1. The quantitative estimate of drug-likeness (QED) is 0.911. The van der Waals surface area contributed by atoms with E-state index in [0.717, 1.165) is 28.8 Å². The van der Waals surface area contributed by atoms with Crippen LogP contribution in [0.4, 0.5) is 5.69 Å². The lowest BCUT2D eigenvalue weighted by Crippen LogP contribution is -2.42. The molecular formula is C16H23BrN2O. The topological polar surface area (TPSA) is 32.3 Å². The van der Waals surface area contributed by atoms with E-state index in [2.05, 4.69) is 40.0 Å². The van der Waals surface area contributed by atoms with Gasteiger partial charge in [-0.25, -0.2) is 0 Å². The second-order valence-corrected chi connectivity index (χ2v) is 7.06. The van der Waals surface area contributed by atoms with Crippen LogP contribution in [0.3, 0.4) is 0 Å². The predicted molar refractivity (Wildman–Crippen MR) is 86.9 cm³/mol. The number of hydrogen-bond donors (Lipinski definition) is 1. The normalized spacial score (nSPS) is 23.6. The summed E-state index contributed by atoms with van der Waals surface area (Å²) in [6.07, 6.45) is 1.27. The van der Waals surface area contributed by atoms with Crippen LogP contribution in [0.15, 0.2) is 22.7 Å². The third-order valence-corrected chi connectivity index (χ3v) is 4.27. The molecule has 0 aromatic heterocycles.